The van der Waals surface area contributed by atoms with Gasteiger partial charge >= 0.3 is 0 Å². The van der Waals surface area contributed by atoms with E-state index in [0.29, 0.717) is 11.6 Å². The third-order valence-electron chi connectivity index (χ3n) is 4.52. The second-order valence-corrected chi connectivity index (χ2v) is 6.98. The zero-order valence-corrected chi connectivity index (χ0v) is 16.7. The Hall–Kier alpha value is -2.89. The Balaban J connectivity index is 1.66. The van der Waals surface area contributed by atoms with Crippen LogP contribution < -0.4 is 15.4 Å². The van der Waals surface area contributed by atoms with Crippen molar-refractivity contribution in [1.29, 1.82) is 0 Å². The number of benzene rings is 3. The second kappa shape index (κ2) is 10.0. The molecule has 0 saturated heterocycles. The van der Waals surface area contributed by atoms with Gasteiger partial charge in [0.05, 0.1) is 19.7 Å². The van der Waals surface area contributed by atoms with Crippen molar-refractivity contribution in [2.45, 2.75) is 12.6 Å². The molecule has 29 heavy (non-hydrogen) atoms. The van der Waals surface area contributed by atoms with E-state index in [1.54, 1.807) is 31.4 Å². The Morgan fingerprint density at radius 3 is 2.14 bits per heavy atom. The first kappa shape index (κ1) is 20.8. The SMILES string of the molecule is COc1ccc([C@@H](NCC(=O)NCc2ccc(Cl)cc2)c2ccc(F)cc2)cc1. The third-order valence-corrected chi connectivity index (χ3v) is 4.77. The Bertz CT molecular complexity index is 929. The maximum Gasteiger partial charge on any atom is 0.234 e. The first-order chi connectivity index (χ1) is 14.0. The molecule has 0 aromatic heterocycles. The van der Waals surface area contributed by atoms with Crippen LogP contribution in [0.3, 0.4) is 0 Å². The van der Waals surface area contributed by atoms with Gasteiger partial charge in [0.2, 0.25) is 5.91 Å². The van der Waals surface area contributed by atoms with Crippen molar-refractivity contribution in [3.63, 3.8) is 0 Å². The standard InChI is InChI=1S/C23H22ClFN2O2/c1-29-21-12-6-18(7-13-21)23(17-4-10-20(25)11-5-17)27-15-22(28)26-14-16-2-8-19(24)9-3-16/h2-13,23,27H,14-15H2,1H3,(H,26,28)/t23-/m0/s1. The Morgan fingerprint density at radius 2 is 1.55 bits per heavy atom. The van der Waals surface area contributed by atoms with Gasteiger partial charge in [0.15, 0.2) is 0 Å². The zero-order valence-electron chi connectivity index (χ0n) is 16.0. The lowest BCUT2D eigenvalue weighted by molar-refractivity contribution is -0.120. The average molecular weight is 413 g/mol. The average Bonchev–Trinajstić information content (AvgIpc) is 2.75. The maximum atomic E-state index is 13.3. The molecular formula is C23H22ClFN2O2. The van der Waals surface area contributed by atoms with E-state index in [9.17, 15) is 9.18 Å². The highest BCUT2D eigenvalue weighted by atomic mass is 35.5. The Labute approximate surface area is 174 Å². The van der Waals surface area contributed by atoms with Crippen LogP contribution in [-0.4, -0.2) is 19.6 Å². The lowest BCUT2D eigenvalue weighted by Gasteiger charge is -2.20. The number of methoxy groups -OCH3 is 1. The van der Waals surface area contributed by atoms with Crippen molar-refractivity contribution in [2.75, 3.05) is 13.7 Å². The van der Waals surface area contributed by atoms with Crippen LogP contribution in [0.2, 0.25) is 5.02 Å². The van der Waals surface area contributed by atoms with Gasteiger partial charge in [0, 0.05) is 11.6 Å². The van der Waals surface area contributed by atoms with Gasteiger partial charge in [-0.15, -0.1) is 0 Å². The van der Waals surface area contributed by atoms with Crippen molar-refractivity contribution in [2.24, 2.45) is 0 Å². The molecule has 3 aromatic rings. The maximum absolute atomic E-state index is 13.3. The third kappa shape index (κ3) is 6.04. The summed E-state index contributed by atoms with van der Waals surface area (Å²) in [4.78, 5) is 12.3. The van der Waals surface area contributed by atoms with E-state index in [0.717, 1.165) is 22.4 Å². The van der Waals surface area contributed by atoms with Gasteiger partial charge in [-0.3, -0.25) is 10.1 Å². The van der Waals surface area contributed by atoms with E-state index in [4.69, 9.17) is 16.3 Å². The van der Waals surface area contributed by atoms with Crippen molar-refractivity contribution in [1.82, 2.24) is 10.6 Å². The fraction of sp³-hybridized carbons (Fsp3) is 0.174. The lowest BCUT2D eigenvalue weighted by Crippen LogP contribution is -2.35. The van der Waals surface area contributed by atoms with Crippen molar-refractivity contribution in [3.05, 3.63) is 100 Å². The van der Waals surface area contributed by atoms with Crippen LogP contribution in [-0.2, 0) is 11.3 Å². The number of ether oxygens (including phenoxy) is 1. The summed E-state index contributed by atoms with van der Waals surface area (Å²) in [6.07, 6.45) is 0. The first-order valence-corrected chi connectivity index (χ1v) is 9.57. The molecule has 0 aliphatic rings. The minimum absolute atomic E-state index is 0.113. The number of hydrogen-bond acceptors (Lipinski definition) is 3. The first-order valence-electron chi connectivity index (χ1n) is 9.19. The smallest absolute Gasteiger partial charge is 0.234 e. The highest BCUT2D eigenvalue weighted by Crippen LogP contribution is 2.24. The van der Waals surface area contributed by atoms with E-state index in [1.807, 2.05) is 36.4 Å². The zero-order chi connectivity index (χ0) is 20.6. The van der Waals surface area contributed by atoms with Gasteiger partial charge in [-0.2, -0.15) is 0 Å². The molecule has 1 amide bonds. The number of carbonyl (C=O) groups is 1. The van der Waals surface area contributed by atoms with Gasteiger partial charge in [-0.1, -0.05) is 48.0 Å². The molecule has 3 rings (SSSR count). The van der Waals surface area contributed by atoms with Crippen LogP contribution in [0.25, 0.3) is 0 Å². The van der Waals surface area contributed by atoms with E-state index in [2.05, 4.69) is 10.6 Å². The number of rotatable bonds is 8. The van der Waals surface area contributed by atoms with Crippen LogP contribution in [0.15, 0.2) is 72.8 Å². The van der Waals surface area contributed by atoms with E-state index in [-0.39, 0.29) is 24.3 Å². The molecule has 150 valence electrons. The van der Waals surface area contributed by atoms with Gasteiger partial charge in [0.1, 0.15) is 11.6 Å². The molecular weight excluding hydrogens is 391 g/mol. The number of nitrogens with one attached hydrogen (secondary N) is 2. The highest BCUT2D eigenvalue weighted by Gasteiger charge is 2.15. The molecule has 0 aliphatic heterocycles. The predicted molar refractivity (Wildman–Crippen MR) is 113 cm³/mol. The van der Waals surface area contributed by atoms with Crippen molar-refractivity contribution < 1.29 is 13.9 Å². The molecule has 2 N–H and O–H groups in total. The lowest BCUT2D eigenvalue weighted by atomic mass is 9.98. The topological polar surface area (TPSA) is 50.4 Å². The summed E-state index contributed by atoms with van der Waals surface area (Å²) >= 11 is 5.88. The monoisotopic (exact) mass is 412 g/mol. The van der Waals surface area contributed by atoms with Gasteiger partial charge in [0.25, 0.3) is 0 Å². The van der Waals surface area contributed by atoms with Crippen LogP contribution in [0.1, 0.15) is 22.7 Å². The number of hydrogen-bond donors (Lipinski definition) is 2. The second-order valence-electron chi connectivity index (χ2n) is 6.54. The van der Waals surface area contributed by atoms with E-state index in [1.165, 1.54) is 12.1 Å². The molecule has 0 spiro atoms. The number of halogens is 2. The summed E-state index contributed by atoms with van der Waals surface area (Å²) in [5, 5.41) is 6.79. The van der Waals surface area contributed by atoms with Crippen LogP contribution >= 0.6 is 11.6 Å². The molecule has 0 fully saturated rings. The number of carbonyl (C=O) groups excluding carboxylic acids is 1. The molecule has 0 aliphatic carbocycles. The molecule has 4 nitrogen and oxygen atoms in total. The van der Waals surface area contributed by atoms with Gasteiger partial charge < -0.3 is 10.1 Å². The van der Waals surface area contributed by atoms with Crippen LogP contribution in [0, 0.1) is 5.82 Å². The normalized spacial score (nSPS) is 11.7. The highest BCUT2D eigenvalue weighted by molar-refractivity contribution is 6.30. The van der Waals surface area contributed by atoms with Gasteiger partial charge in [-0.25, -0.2) is 4.39 Å². The Morgan fingerprint density at radius 1 is 0.966 bits per heavy atom. The number of amides is 1. The minimum atomic E-state index is -0.303. The fourth-order valence-electron chi connectivity index (χ4n) is 2.94. The van der Waals surface area contributed by atoms with Gasteiger partial charge in [-0.05, 0) is 53.1 Å². The summed E-state index contributed by atoms with van der Waals surface area (Å²) in [7, 11) is 1.61. The fourth-order valence-corrected chi connectivity index (χ4v) is 3.07. The molecule has 0 unspecified atom stereocenters. The molecule has 0 heterocycles. The molecule has 0 radical (unpaired) electrons. The Kier molecular flexibility index (Phi) is 7.22. The van der Waals surface area contributed by atoms with Crippen LogP contribution in [0.5, 0.6) is 5.75 Å². The molecule has 0 saturated carbocycles. The van der Waals surface area contributed by atoms with E-state index < -0.39 is 0 Å². The predicted octanol–water partition coefficient (Wildman–Crippen LogP) is 4.48. The summed E-state index contributed by atoms with van der Waals surface area (Å²) in [5.74, 6) is 0.302. The molecule has 1 atom stereocenters. The largest absolute Gasteiger partial charge is 0.497 e. The summed E-state index contributed by atoms with van der Waals surface area (Å²) in [5.41, 5.74) is 2.78. The van der Waals surface area contributed by atoms with Crippen molar-refractivity contribution >= 4 is 17.5 Å². The van der Waals surface area contributed by atoms with Crippen LogP contribution in [0.4, 0.5) is 4.39 Å². The van der Waals surface area contributed by atoms with Crippen molar-refractivity contribution in [3.8, 4) is 5.75 Å². The summed E-state index contributed by atoms with van der Waals surface area (Å²) in [6.45, 7) is 0.531. The minimum Gasteiger partial charge on any atom is -0.497 e. The molecule has 3 aromatic carbocycles. The summed E-state index contributed by atoms with van der Waals surface area (Å²) < 4.78 is 18.6. The van der Waals surface area contributed by atoms with E-state index >= 15 is 0 Å². The summed E-state index contributed by atoms with van der Waals surface area (Å²) in [6, 6.07) is 20.9. The molecule has 0 bridgehead atoms. The quantitative estimate of drug-likeness (QED) is 0.573. The molecule has 6 heteroatoms.